The molecule has 0 spiro atoms. The quantitative estimate of drug-likeness (QED) is 0.538. The Morgan fingerprint density at radius 3 is 2.71 bits per heavy atom. The minimum atomic E-state index is 0.446. The number of piperidine rings is 1. The number of ether oxygens (including phenoxy) is 1. The van der Waals surface area contributed by atoms with Crippen LogP contribution in [0.25, 0.3) is 0 Å². The van der Waals surface area contributed by atoms with Crippen LogP contribution >= 0.6 is 0 Å². The Kier molecular flexibility index (Phi) is 8.84. The van der Waals surface area contributed by atoms with Gasteiger partial charge in [-0.1, -0.05) is 6.42 Å². The Bertz CT molecular complexity index is 370. The Labute approximate surface area is 148 Å². The van der Waals surface area contributed by atoms with Crippen molar-refractivity contribution in [1.82, 2.24) is 20.4 Å². The Morgan fingerprint density at radius 2 is 2.00 bits per heavy atom. The Balaban J connectivity index is 1.74. The molecule has 0 saturated carbocycles. The van der Waals surface area contributed by atoms with E-state index in [1.807, 2.05) is 0 Å². The lowest BCUT2D eigenvalue weighted by atomic mass is 10.1. The van der Waals surface area contributed by atoms with Crippen molar-refractivity contribution >= 4 is 5.96 Å². The van der Waals surface area contributed by atoms with E-state index in [0.717, 1.165) is 51.9 Å². The van der Waals surface area contributed by atoms with Crippen LogP contribution in [0.3, 0.4) is 0 Å². The molecule has 0 aliphatic carbocycles. The first-order valence-corrected chi connectivity index (χ1v) is 9.78. The largest absolute Gasteiger partial charge is 0.379 e. The normalized spacial score (nSPS) is 25.5. The van der Waals surface area contributed by atoms with Gasteiger partial charge in [-0.25, -0.2) is 0 Å². The van der Waals surface area contributed by atoms with Crippen LogP contribution in [0.15, 0.2) is 4.99 Å². The first kappa shape index (κ1) is 19.5. The number of hydrogen-bond acceptors (Lipinski definition) is 4. The summed E-state index contributed by atoms with van der Waals surface area (Å²) in [5.74, 6) is 0.947. The van der Waals surface area contributed by atoms with Crippen LogP contribution in [0.5, 0.6) is 0 Å². The van der Waals surface area contributed by atoms with Crippen LogP contribution < -0.4 is 10.6 Å². The van der Waals surface area contributed by atoms with E-state index in [1.165, 1.54) is 32.4 Å². The Morgan fingerprint density at radius 1 is 1.21 bits per heavy atom. The lowest BCUT2D eigenvalue weighted by Crippen LogP contribution is -2.50. The van der Waals surface area contributed by atoms with E-state index < -0.39 is 0 Å². The van der Waals surface area contributed by atoms with E-state index in [0.29, 0.717) is 12.1 Å². The molecule has 0 radical (unpaired) electrons. The van der Waals surface area contributed by atoms with Crippen LogP contribution in [-0.4, -0.2) is 86.9 Å². The van der Waals surface area contributed by atoms with Crippen LogP contribution in [0, 0.1) is 0 Å². The van der Waals surface area contributed by atoms with E-state index >= 15 is 0 Å². The molecule has 2 heterocycles. The number of guanidine groups is 1. The maximum Gasteiger partial charge on any atom is 0.191 e. The molecule has 6 nitrogen and oxygen atoms in total. The van der Waals surface area contributed by atoms with Crippen molar-refractivity contribution in [3.63, 3.8) is 0 Å². The second-order valence-electron chi connectivity index (χ2n) is 7.06. The summed E-state index contributed by atoms with van der Waals surface area (Å²) >= 11 is 0. The molecular formula is C18H37N5O. The van der Waals surface area contributed by atoms with Crippen molar-refractivity contribution in [2.24, 2.45) is 4.99 Å². The van der Waals surface area contributed by atoms with Gasteiger partial charge in [0.1, 0.15) is 0 Å². The maximum atomic E-state index is 5.53. The van der Waals surface area contributed by atoms with Crippen molar-refractivity contribution < 1.29 is 4.74 Å². The Hall–Kier alpha value is -0.850. The summed E-state index contributed by atoms with van der Waals surface area (Å²) in [6.45, 7) is 15.6. The zero-order chi connectivity index (χ0) is 17.2. The minimum absolute atomic E-state index is 0.446. The summed E-state index contributed by atoms with van der Waals surface area (Å²) in [4.78, 5) is 9.86. The number of nitrogens with one attached hydrogen (secondary N) is 2. The average molecular weight is 340 g/mol. The molecule has 2 aliphatic rings. The van der Waals surface area contributed by atoms with Crippen molar-refractivity contribution in [2.75, 3.05) is 59.0 Å². The van der Waals surface area contributed by atoms with Gasteiger partial charge in [0, 0.05) is 38.3 Å². The lowest BCUT2D eigenvalue weighted by molar-refractivity contribution is -0.0165. The van der Waals surface area contributed by atoms with Crippen molar-refractivity contribution in [3.05, 3.63) is 0 Å². The average Bonchev–Trinajstić information content (AvgIpc) is 2.60. The molecule has 140 valence electrons. The van der Waals surface area contributed by atoms with Crippen LogP contribution in [0.1, 0.15) is 40.0 Å². The SMILES string of the molecule is CCNC(=NCC(C)N1CCOCC1C)NCCN1CCCCC1. The van der Waals surface area contributed by atoms with E-state index in [1.54, 1.807) is 0 Å². The third kappa shape index (κ3) is 6.57. The first-order valence-electron chi connectivity index (χ1n) is 9.78. The summed E-state index contributed by atoms with van der Waals surface area (Å²) in [7, 11) is 0. The van der Waals surface area contributed by atoms with Crippen LogP contribution in [0.4, 0.5) is 0 Å². The van der Waals surface area contributed by atoms with Gasteiger partial charge in [-0.3, -0.25) is 9.89 Å². The van der Waals surface area contributed by atoms with Gasteiger partial charge in [-0.2, -0.15) is 0 Å². The number of aliphatic imine (C=N–C) groups is 1. The predicted octanol–water partition coefficient (Wildman–Crippen LogP) is 1.14. The summed E-state index contributed by atoms with van der Waals surface area (Å²) < 4.78 is 5.53. The molecule has 2 fully saturated rings. The fourth-order valence-electron chi connectivity index (χ4n) is 3.58. The molecule has 2 aliphatic heterocycles. The number of nitrogens with zero attached hydrogens (tertiary/aromatic N) is 3. The van der Waals surface area contributed by atoms with Gasteiger partial charge in [0.2, 0.25) is 0 Å². The fraction of sp³-hybridized carbons (Fsp3) is 0.944. The van der Waals surface area contributed by atoms with E-state index in [2.05, 4.69) is 41.2 Å². The number of rotatable bonds is 7. The number of morpholine rings is 1. The molecule has 2 unspecified atom stereocenters. The molecule has 24 heavy (non-hydrogen) atoms. The van der Waals surface area contributed by atoms with Gasteiger partial charge >= 0.3 is 0 Å². The zero-order valence-electron chi connectivity index (χ0n) is 15.9. The second kappa shape index (κ2) is 10.9. The zero-order valence-corrected chi connectivity index (χ0v) is 15.9. The highest BCUT2D eigenvalue weighted by Gasteiger charge is 2.23. The molecule has 2 atom stereocenters. The molecule has 0 bridgehead atoms. The van der Waals surface area contributed by atoms with Gasteiger partial charge in [0.25, 0.3) is 0 Å². The molecule has 0 aromatic heterocycles. The molecule has 2 N–H and O–H groups in total. The highest BCUT2D eigenvalue weighted by Crippen LogP contribution is 2.11. The molecule has 2 rings (SSSR count). The highest BCUT2D eigenvalue weighted by molar-refractivity contribution is 5.79. The molecule has 6 heteroatoms. The van der Waals surface area contributed by atoms with Crippen molar-refractivity contribution in [3.8, 4) is 0 Å². The first-order chi connectivity index (χ1) is 11.7. The summed E-state index contributed by atoms with van der Waals surface area (Å²) in [6, 6.07) is 0.931. The third-order valence-electron chi connectivity index (χ3n) is 5.01. The van der Waals surface area contributed by atoms with Gasteiger partial charge in [-0.05, 0) is 46.7 Å². The van der Waals surface area contributed by atoms with E-state index in [9.17, 15) is 0 Å². The smallest absolute Gasteiger partial charge is 0.191 e. The summed E-state index contributed by atoms with van der Waals surface area (Å²) in [6.07, 6.45) is 4.10. The standard InChI is InChI=1S/C18H37N5O/c1-4-19-18(20-8-11-22-9-6-5-7-10-22)21-14-16(2)23-12-13-24-15-17(23)3/h16-17H,4-15H2,1-3H3,(H2,19,20,21). The van der Waals surface area contributed by atoms with Gasteiger partial charge in [0.15, 0.2) is 5.96 Å². The van der Waals surface area contributed by atoms with Gasteiger partial charge in [-0.15, -0.1) is 0 Å². The minimum Gasteiger partial charge on any atom is -0.379 e. The maximum absolute atomic E-state index is 5.53. The molecule has 0 aromatic carbocycles. The van der Waals surface area contributed by atoms with Gasteiger partial charge < -0.3 is 20.3 Å². The van der Waals surface area contributed by atoms with Crippen molar-refractivity contribution in [1.29, 1.82) is 0 Å². The van der Waals surface area contributed by atoms with E-state index in [4.69, 9.17) is 9.73 Å². The van der Waals surface area contributed by atoms with Crippen molar-refractivity contribution in [2.45, 2.75) is 52.1 Å². The van der Waals surface area contributed by atoms with Crippen LogP contribution in [0.2, 0.25) is 0 Å². The molecular weight excluding hydrogens is 302 g/mol. The molecule has 0 amide bonds. The fourth-order valence-corrected chi connectivity index (χ4v) is 3.58. The third-order valence-corrected chi connectivity index (χ3v) is 5.01. The lowest BCUT2D eigenvalue weighted by Gasteiger charge is -2.37. The topological polar surface area (TPSA) is 52.1 Å². The predicted molar refractivity (Wildman–Crippen MR) is 101 cm³/mol. The summed E-state index contributed by atoms with van der Waals surface area (Å²) in [5.41, 5.74) is 0. The second-order valence-corrected chi connectivity index (χ2v) is 7.06. The van der Waals surface area contributed by atoms with Crippen LogP contribution in [-0.2, 0) is 4.74 Å². The van der Waals surface area contributed by atoms with E-state index in [-0.39, 0.29) is 0 Å². The number of hydrogen-bond donors (Lipinski definition) is 2. The number of likely N-dealkylation sites (tertiary alicyclic amines) is 1. The van der Waals surface area contributed by atoms with Gasteiger partial charge in [0.05, 0.1) is 19.8 Å². The molecule has 2 saturated heterocycles. The summed E-state index contributed by atoms with van der Waals surface area (Å²) in [5, 5.41) is 6.86. The monoisotopic (exact) mass is 339 g/mol. The molecule has 0 aromatic rings. The highest BCUT2D eigenvalue weighted by atomic mass is 16.5.